The molecule has 1 aromatic carbocycles. The van der Waals surface area contributed by atoms with E-state index >= 15 is 0 Å². The van der Waals surface area contributed by atoms with Crippen molar-refractivity contribution in [2.45, 2.75) is 76.2 Å². The molecule has 1 saturated carbocycles. The quantitative estimate of drug-likeness (QED) is 0.385. The molecule has 0 spiro atoms. The molecule has 5 heteroatoms. The monoisotopic (exact) mass is 462 g/mol. The van der Waals surface area contributed by atoms with Crippen LogP contribution in [-0.2, 0) is 4.79 Å². The molecule has 1 aliphatic carbocycles. The van der Waals surface area contributed by atoms with Crippen LogP contribution in [0.3, 0.4) is 0 Å². The highest BCUT2D eigenvalue weighted by Gasteiger charge is 2.33. The number of hydrogen-bond acceptors (Lipinski definition) is 4. The summed E-state index contributed by atoms with van der Waals surface area (Å²) in [7, 11) is 0. The van der Waals surface area contributed by atoms with E-state index in [2.05, 4.69) is 16.8 Å². The fraction of sp³-hybridized carbons (Fsp3) is 0.517. The van der Waals surface area contributed by atoms with Gasteiger partial charge in [-0.3, -0.25) is 9.78 Å². The van der Waals surface area contributed by atoms with Crippen LogP contribution >= 0.6 is 0 Å². The minimum absolute atomic E-state index is 0.125. The molecule has 1 saturated heterocycles. The largest absolute Gasteiger partial charge is 0.464 e. The summed E-state index contributed by atoms with van der Waals surface area (Å²) in [6.45, 7) is 4.08. The summed E-state index contributed by atoms with van der Waals surface area (Å²) in [6, 6.07) is 11.3. The van der Waals surface area contributed by atoms with Crippen molar-refractivity contribution < 1.29 is 13.6 Å². The summed E-state index contributed by atoms with van der Waals surface area (Å²) in [4.78, 5) is 20.6. The molecular weight excluding hydrogens is 427 g/mol. The van der Waals surface area contributed by atoms with Crippen LogP contribution in [-0.4, -0.2) is 34.8 Å². The van der Waals surface area contributed by atoms with Crippen molar-refractivity contribution in [3.8, 4) is 0 Å². The molecule has 2 aliphatic rings. The molecule has 2 aromatic heterocycles. The maximum absolute atomic E-state index is 14.2. The van der Waals surface area contributed by atoms with E-state index < -0.39 is 0 Å². The number of rotatable bonds is 7. The Hall–Kier alpha value is -2.53. The average Bonchev–Trinajstić information content (AvgIpc) is 3.34. The molecule has 3 heterocycles. The third kappa shape index (κ3) is 4.95. The van der Waals surface area contributed by atoms with Crippen molar-refractivity contribution in [2.24, 2.45) is 5.92 Å². The topological polar surface area (TPSA) is 46.3 Å². The SMILES string of the molecule is CC1CC(c2cc(F)cc3ccoc23)CCN1CCC(C(=O)C1CCCCC1)c1ccccn1. The van der Waals surface area contributed by atoms with Crippen LogP contribution < -0.4 is 0 Å². The first-order chi connectivity index (χ1) is 16.6. The first-order valence-electron chi connectivity index (χ1n) is 13.0. The first kappa shape index (κ1) is 23.2. The number of carbonyl (C=O) groups excluding carboxylic acids is 1. The minimum atomic E-state index is -0.196. The van der Waals surface area contributed by atoms with Crippen molar-refractivity contribution in [1.29, 1.82) is 0 Å². The maximum Gasteiger partial charge on any atom is 0.145 e. The Bertz CT molecular complexity index is 1110. The molecule has 0 bridgehead atoms. The zero-order valence-corrected chi connectivity index (χ0v) is 20.1. The normalized spacial score (nSPS) is 23.2. The fourth-order valence-electron chi connectivity index (χ4n) is 6.19. The number of fused-ring (bicyclic) bond motifs is 1. The van der Waals surface area contributed by atoms with E-state index in [1.165, 1.54) is 19.3 Å². The summed E-state index contributed by atoms with van der Waals surface area (Å²) in [6.07, 6.45) is 11.8. The molecule has 2 fully saturated rings. The third-order valence-corrected chi connectivity index (χ3v) is 8.10. The average molecular weight is 463 g/mol. The molecule has 0 amide bonds. The third-order valence-electron chi connectivity index (χ3n) is 8.10. The van der Waals surface area contributed by atoms with Gasteiger partial charge < -0.3 is 9.32 Å². The van der Waals surface area contributed by atoms with Crippen LogP contribution in [0.15, 0.2) is 53.3 Å². The molecule has 180 valence electrons. The lowest BCUT2D eigenvalue weighted by atomic mass is 9.79. The van der Waals surface area contributed by atoms with Gasteiger partial charge in [0.2, 0.25) is 0 Å². The number of benzene rings is 1. The van der Waals surface area contributed by atoms with Crippen molar-refractivity contribution >= 4 is 16.8 Å². The Balaban J connectivity index is 1.26. The van der Waals surface area contributed by atoms with Crippen molar-refractivity contribution in [3.63, 3.8) is 0 Å². The first-order valence-corrected chi connectivity index (χ1v) is 13.0. The van der Waals surface area contributed by atoms with Gasteiger partial charge in [-0.15, -0.1) is 0 Å². The molecule has 0 N–H and O–H groups in total. The summed E-state index contributed by atoms with van der Waals surface area (Å²) in [5.74, 6) is 0.540. The van der Waals surface area contributed by atoms with Gasteiger partial charge in [0.05, 0.1) is 17.9 Å². The highest BCUT2D eigenvalue weighted by atomic mass is 19.1. The lowest BCUT2D eigenvalue weighted by Gasteiger charge is -2.38. The van der Waals surface area contributed by atoms with Gasteiger partial charge in [-0.1, -0.05) is 25.3 Å². The molecule has 0 radical (unpaired) electrons. The van der Waals surface area contributed by atoms with Crippen LogP contribution in [0.2, 0.25) is 0 Å². The number of likely N-dealkylation sites (tertiary alicyclic amines) is 1. The van der Waals surface area contributed by atoms with Crippen LogP contribution in [0.1, 0.15) is 81.4 Å². The number of hydrogen-bond donors (Lipinski definition) is 0. The zero-order valence-electron chi connectivity index (χ0n) is 20.1. The number of piperidine rings is 1. The summed E-state index contributed by atoms with van der Waals surface area (Å²) >= 11 is 0. The minimum Gasteiger partial charge on any atom is -0.464 e. The van der Waals surface area contributed by atoms with Gasteiger partial charge in [0.15, 0.2) is 0 Å². The number of pyridine rings is 1. The van der Waals surface area contributed by atoms with Crippen LogP contribution in [0.4, 0.5) is 4.39 Å². The predicted molar refractivity (Wildman–Crippen MR) is 132 cm³/mol. The van der Waals surface area contributed by atoms with Gasteiger partial charge in [0.25, 0.3) is 0 Å². The number of aromatic nitrogens is 1. The van der Waals surface area contributed by atoms with Gasteiger partial charge in [-0.2, -0.15) is 0 Å². The van der Waals surface area contributed by atoms with Crippen molar-refractivity contribution in [3.05, 3.63) is 65.9 Å². The van der Waals surface area contributed by atoms with E-state index in [4.69, 9.17) is 4.42 Å². The standard InChI is InChI=1S/C29H35FN2O2/c1-20-17-22(26-19-24(30)18-23-12-16-34-29(23)26)10-14-32(20)15-11-25(27-9-5-6-13-31-27)28(33)21-7-3-2-4-8-21/h5-6,9,12-13,16,18-22,25H,2-4,7-8,10-11,14-15,17H2,1H3. The Morgan fingerprint density at radius 1 is 1.18 bits per heavy atom. The number of nitrogens with zero attached hydrogens (tertiary/aromatic N) is 2. The number of carbonyl (C=O) groups is 1. The summed E-state index contributed by atoms with van der Waals surface area (Å²) in [5, 5.41) is 0.838. The molecule has 3 atom stereocenters. The Morgan fingerprint density at radius 3 is 2.79 bits per heavy atom. The number of furan rings is 1. The Morgan fingerprint density at radius 2 is 2.03 bits per heavy atom. The highest BCUT2D eigenvalue weighted by molar-refractivity contribution is 5.87. The highest BCUT2D eigenvalue weighted by Crippen LogP contribution is 2.37. The van der Waals surface area contributed by atoms with Crippen LogP contribution in [0.25, 0.3) is 11.0 Å². The molecule has 1 aliphatic heterocycles. The lowest BCUT2D eigenvalue weighted by Crippen LogP contribution is -2.41. The molecule has 34 heavy (non-hydrogen) atoms. The smallest absolute Gasteiger partial charge is 0.145 e. The molecule has 5 rings (SSSR count). The zero-order chi connectivity index (χ0) is 23.5. The van der Waals surface area contributed by atoms with Gasteiger partial charge in [0, 0.05) is 29.1 Å². The Kier molecular flexibility index (Phi) is 7.10. The molecule has 3 unspecified atom stereocenters. The Labute approximate surface area is 201 Å². The van der Waals surface area contributed by atoms with Crippen molar-refractivity contribution in [2.75, 3.05) is 13.1 Å². The molecule has 3 aromatic rings. The van der Waals surface area contributed by atoms with Crippen LogP contribution in [0.5, 0.6) is 0 Å². The van der Waals surface area contributed by atoms with E-state index in [0.29, 0.717) is 11.8 Å². The number of ketones is 1. The second-order valence-electron chi connectivity index (χ2n) is 10.3. The van der Waals surface area contributed by atoms with Gasteiger partial charge in [-0.05, 0) is 88.4 Å². The predicted octanol–water partition coefficient (Wildman–Crippen LogP) is 6.86. The number of halogens is 1. The van der Waals surface area contributed by atoms with Crippen LogP contribution in [0, 0.1) is 11.7 Å². The number of Topliss-reactive ketones (excluding diaryl/α,β-unsaturated/α-hetero) is 1. The summed E-state index contributed by atoms with van der Waals surface area (Å²) < 4.78 is 19.9. The van der Waals surface area contributed by atoms with Gasteiger partial charge >= 0.3 is 0 Å². The van der Waals surface area contributed by atoms with Crippen molar-refractivity contribution in [1.82, 2.24) is 9.88 Å². The van der Waals surface area contributed by atoms with E-state index in [9.17, 15) is 9.18 Å². The fourth-order valence-corrected chi connectivity index (χ4v) is 6.19. The lowest BCUT2D eigenvalue weighted by molar-refractivity contribution is -0.125. The van der Waals surface area contributed by atoms with Gasteiger partial charge in [0.1, 0.15) is 17.2 Å². The van der Waals surface area contributed by atoms with E-state index in [-0.39, 0.29) is 23.6 Å². The van der Waals surface area contributed by atoms with E-state index in [1.807, 2.05) is 24.3 Å². The second kappa shape index (κ2) is 10.4. The van der Waals surface area contributed by atoms with E-state index in [0.717, 1.165) is 67.4 Å². The summed E-state index contributed by atoms with van der Waals surface area (Å²) in [5.41, 5.74) is 2.73. The second-order valence-corrected chi connectivity index (χ2v) is 10.3. The van der Waals surface area contributed by atoms with Gasteiger partial charge in [-0.25, -0.2) is 4.39 Å². The molecule has 4 nitrogen and oxygen atoms in total. The van der Waals surface area contributed by atoms with E-state index in [1.54, 1.807) is 24.6 Å². The maximum atomic E-state index is 14.2. The molecular formula is C29H35FN2O2.